The second-order valence-corrected chi connectivity index (χ2v) is 28.6. The highest BCUT2D eigenvalue weighted by Crippen LogP contribution is 2.45. The largest absolute Gasteiger partial charge is 0.345 e. The molecule has 0 unspecified atom stereocenters. The molecule has 0 amide bonds. The van der Waals surface area contributed by atoms with Gasteiger partial charge in [-0.3, -0.25) is 9.98 Å². The van der Waals surface area contributed by atoms with Crippen molar-refractivity contribution >= 4 is 177 Å². The van der Waals surface area contributed by atoms with E-state index in [0.717, 1.165) is 88.7 Å². The lowest BCUT2D eigenvalue weighted by Gasteiger charge is -2.01. The first kappa shape index (κ1) is 55.8. The Morgan fingerprint density at radius 2 is 0.632 bits per heavy atom. The number of aliphatic imine (C=N–C) groups is 2. The maximum absolute atomic E-state index is 5.17. The molecule has 20 heterocycles. The van der Waals surface area contributed by atoms with Gasteiger partial charge in [-0.1, -0.05) is 34.4 Å². The first-order chi connectivity index (χ1) is 45.6. The van der Waals surface area contributed by atoms with Crippen molar-refractivity contribution in [3.8, 4) is 31.2 Å². The number of pyridine rings is 8. The summed E-state index contributed by atoms with van der Waals surface area (Å²) < 4.78 is 18.6. The van der Waals surface area contributed by atoms with Crippen molar-refractivity contribution in [2.75, 3.05) is 0 Å². The van der Waals surface area contributed by atoms with Crippen LogP contribution in [0.5, 0.6) is 0 Å². The minimum atomic E-state index is 0. The number of aromatic amines is 2. The third kappa shape index (κ3) is 7.81. The van der Waals surface area contributed by atoms with Gasteiger partial charge >= 0.3 is 26.7 Å². The number of H-pyrrole nitrogens is 2. The molecule has 0 saturated carbocycles. The van der Waals surface area contributed by atoms with E-state index >= 15 is 0 Å². The van der Waals surface area contributed by atoms with Crippen molar-refractivity contribution in [1.82, 2.24) is 19.9 Å². The Morgan fingerprint density at radius 3 is 1.05 bits per heavy atom. The van der Waals surface area contributed by atoms with Crippen LogP contribution in [-0.2, 0) is 39.5 Å². The predicted octanol–water partition coefficient (Wildman–Crippen LogP) is 14.1. The van der Waals surface area contributed by atoms with Gasteiger partial charge in [0.15, 0.2) is 49.6 Å². The number of thiophene rings is 4. The summed E-state index contributed by atoms with van der Waals surface area (Å²) in [5, 5.41) is 14.3. The first-order valence-electron chi connectivity index (χ1n) is 30.9. The number of nitrogens with one attached hydrogen (secondary N) is 2. The van der Waals surface area contributed by atoms with Crippen LogP contribution in [0.15, 0.2) is 216 Å². The summed E-state index contributed by atoms with van der Waals surface area (Å²) in [7, 11) is 0. The maximum atomic E-state index is 5.17. The van der Waals surface area contributed by atoms with Crippen LogP contribution in [0, 0.1) is 0 Å². The molecule has 0 bridgehead atoms. The fraction of sp³-hybridized carbons (Fsp3) is 0.117. The monoisotopic (exact) mass is 1310 g/mol. The minimum Gasteiger partial charge on any atom is -0.337 e. The van der Waals surface area contributed by atoms with Gasteiger partial charge in [-0.15, -0.1) is 81.9 Å². The van der Waals surface area contributed by atoms with Crippen molar-refractivity contribution in [1.29, 1.82) is 0 Å². The highest BCUT2D eigenvalue weighted by atomic mass is 32.1. The third-order valence-electron chi connectivity index (χ3n) is 19.6. The Bertz CT molecular complexity index is 6130. The lowest BCUT2D eigenvalue weighted by molar-refractivity contribution is -0.872. The zero-order valence-electron chi connectivity index (χ0n) is 48.9. The Kier molecular flexibility index (Phi) is 12.1. The summed E-state index contributed by atoms with van der Waals surface area (Å²) in [4.78, 5) is 35.3. The van der Waals surface area contributed by atoms with Crippen LogP contribution in [0.4, 0.5) is 11.4 Å². The van der Waals surface area contributed by atoms with Gasteiger partial charge in [-0.2, -0.15) is 0 Å². The number of benzene rings is 4. The lowest BCUT2D eigenvalue weighted by atomic mass is 9.99. The molecule has 6 aliphatic heterocycles. The Balaban J connectivity index is 0.000000104. The van der Waals surface area contributed by atoms with E-state index in [0.29, 0.717) is 0 Å². The highest BCUT2D eigenvalue weighted by molar-refractivity contribution is 7.22. The zero-order valence-corrected chi connectivity index (χ0v) is 52.1. The average molecular weight is 1310 g/mol. The third-order valence-corrected chi connectivity index (χ3v) is 23.8. The quantitative estimate of drug-likeness (QED) is 0.132. The summed E-state index contributed by atoms with van der Waals surface area (Å²) >= 11 is 7.14. The number of imidazole rings is 2. The van der Waals surface area contributed by atoms with Gasteiger partial charge in [-0.05, 0) is 107 Å². The van der Waals surface area contributed by atoms with Crippen molar-refractivity contribution in [2.24, 2.45) is 9.98 Å². The molecular weight excluding hydrogens is 1250 g/mol. The number of fused-ring (bicyclic) bond motifs is 12. The van der Waals surface area contributed by atoms with E-state index in [4.69, 9.17) is 20.0 Å². The van der Waals surface area contributed by atoms with E-state index in [1.807, 2.05) is 11.3 Å². The number of nitrogens with zero attached hydrogens (tertiary/aromatic N) is 12. The summed E-state index contributed by atoms with van der Waals surface area (Å²) in [6.07, 6.45) is 19.2. The number of hydrogen-bond donors (Lipinski definition) is 2. The Hall–Kier alpha value is -10.8. The van der Waals surface area contributed by atoms with Crippen LogP contribution in [-0.4, -0.2) is 31.4 Å². The predicted molar refractivity (Wildman–Crippen MR) is 383 cm³/mol. The van der Waals surface area contributed by atoms with E-state index in [-0.39, 0.29) is 22.3 Å². The molecule has 6 aliphatic rings. The van der Waals surface area contributed by atoms with Gasteiger partial charge in [0, 0.05) is 80.9 Å². The van der Waals surface area contributed by atoms with Crippen molar-refractivity contribution in [3.63, 3.8) is 0 Å². The van der Waals surface area contributed by atoms with E-state index < -0.39 is 0 Å². The van der Waals surface area contributed by atoms with E-state index in [9.17, 15) is 0 Å². The van der Waals surface area contributed by atoms with Crippen LogP contribution in [0.3, 0.4) is 0 Å². The van der Waals surface area contributed by atoms with Gasteiger partial charge in [-0.25, -0.2) is 9.97 Å². The second kappa shape index (κ2) is 20.6. The molecule has 0 radical (unpaired) electrons. The Labute approximate surface area is 559 Å². The van der Waals surface area contributed by atoms with Gasteiger partial charge in [0.05, 0.1) is 86.7 Å². The van der Waals surface area contributed by atoms with E-state index in [1.165, 1.54) is 135 Å². The molecule has 14 aromatic heterocycles. The highest BCUT2D eigenvalue weighted by Gasteiger charge is 2.40. The summed E-state index contributed by atoms with van der Waals surface area (Å²) in [5.41, 5.74) is 22.0. The SMILES string of the molecule is C.C.C.c1cc2c3nc(-c4ccc(-c5nc6c7ccc[n+]8c7c7c(ccc[n+]7C8)c6[nH]5)s4)[nH]c3c3ccc[n+]4c3c2[n+](c1)C4.c1csc(-c2ccc(C3=Nc4c(c5ccc[n+]6c5c5c4ccc[n+]5C6)C3)s2)c1.c1csc(C2=Nc3c(c4ccc[n+]5c4c4c3ccc[n+]4C5)C2)c1. The molecule has 4 aromatic carbocycles. The zero-order chi connectivity index (χ0) is 59.6. The van der Waals surface area contributed by atoms with Gasteiger partial charge < -0.3 is 9.97 Å². The van der Waals surface area contributed by atoms with Crippen LogP contribution < -0.4 is 36.5 Å². The lowest BCUT2D eigenvalue weighted by Crippen LogP contribution is -2.45. The van der Waals surface area contributed by atoms with E-state index in [1.54, 1.807) is 34.0 Å². The first-order valence-corrected chi connectivity index (χ1v) is 34.3. The molecule has 95 heavy (non-hydrogen) atoms. The molecule has 0 aliphatic carbocycles. The molecule has 0 atom stereocenters. The topological polar surface area (TPSA) is 113 Å². The van der Waals surface area contributed by atoms with Crippen LogP contribution in [0.25, 0.3) is 140 Å². The smallest absolute Gasteiger partial charge is 0.337 e. The van der Waals surface area contributed by atoms with Crippen LogP contribution in [0.1, 0.15) is 43.2 Å². The molecular formula is C77H60N14S4+8. The molecule has 454 valence electrons. The van der Waals surface area contributed by atoms with Gasteiger partial charge in [0.1, 0.15) is 22.7 Å². The Morgan fingerprint density at radius 1 is 0.305 bits per heavy atom. The fourth-order valence-electron chi connectivity index (χ4n) is 15.8. The molecule has 0 saturated heterocycles. The number of aromatic nitrogens is 12. The summed E-state index contributed by atoms with van der Waals surface area (Å²) in [5.74, 6) is 1.78. The summed E-state index contributed by atoms with van der Waals surface area (Å²) in [6, 6.07) is 52.2. The normalized spacial score (nSPS) is 13.7. The molecule has 2 N–H and O–H groups in total. The molecule has 14 nitrogen and oxygen atoms in total. The van der Waals surface area contributed by atoms with Crippen LogP contribution >= 0.6 is 45.3 Å². The van der Waals surface area contributed by atoms with Crippen molar-refractivity contribution in [3.05, 3.63) is 227 Å². The number of hydrogen-bond acceptors (Lipinski definition) is 8. The van der Waals surface area contributed by atoms with Gasteiger partial charge in [0.25, 0.3) is 44.1 Å². The minimum absolute atomic E-state index is 0. The fourth-order valence-corrected chi connectivity index (χ4v) is 19.2. The molecule has 18 aromatic rings. The average Bonchev–Trinajstić information content (AvgIpc) is 1.59. The van der Waals surface area contributed by atoms with Gasteiger partial charge in [0.2, 0.25) is 0 Å². The van der Waals surface area contributed by atoms with E-state index in [2.05, 4.69) is 252 Å². The molecule has 0 spiro atoms. The summed E-state index contributed by atoms with van der Waals surface area (Å²) in [6.45, 7) is 3.45. The molecule has 24 rings (SSSR count). The molecule has 0 fully saturated rings. The van der Waals surface area contributed by atoms with Crippen molar-refractivity contribution < 1.29 is 36.5 Å². The standard InChI is InChI=1S/C32H18N8S.C23H15N3S2.C19H13N3S.3CH4/c1-5-17-23-24(18-6-2-12-38-15-37(11-1)27(17)28(18)38)34-31(33-23)21-9-10-22(41-21)32-35-25-19-7-3-13-39-16-40-14-4-8-20(26(25)36-32)30(40)29(19)39;1-4-14-16-12-17(18-7-8-20(28-18)19-6-3-11-27-19)24-21(16)15-5-2-10-26-13-25(9-1)22(14)23(15)26;1-4-12-14-10-15(16-6-3-9-23-16)20-17(14)13-5-2-8-22-11-21(7-1)18(12)19(13)22;;;/h1-14H,15-16H2;1-11H,12-13H2;1-9H,10-11H2;3*1H4/q3*+2;;;/p+2. The molecule has 18 heteroatoms. The second-order valence-electron chi connectivity index (χ2n) is 24.5. The number of rotatable bonds is 5. The maximum Gasteiger partial charge on any atom is 0.345 e. The van der Waals surface area contributed by atoms with Crippen LogP contribution in [0.2, 0.25) is 0 Å². The van der Waals surface area contributed by atoms with Crippen molar-refractivity contribution in [2.45, 2.75) is 61.8 Å².